The van der Waals surface area contributed by atoms with Gasteiger partial charge in [-0.3, -0.25) is 0 Å². The van der Waals surface area contributed by atoms with Gasteiger partial charge in [-0.2, -0.15) is 13.2 Å². The van der Waals surface area contributed by atoms with Gasteiger partial charge in [0.15, 0.2) is 0 Å². The molecule has 1 atom stereocenters. The van der Waals surface area contributed by atoms with Crippen LogP contribution in [0.25, 0.3) is 0 Å². The largest absolute Gasteiger partial charge is 0.411 e. The molecule has 0 aliphatic rings. The topological polar surface area (TPSA) is 29.5 Å². The number of aliphatic hydroxyl groups is 1. The SMILES string of the molecule is C=CCCC(O)CCOCC(F)(F)F. The molecule has 0 aromatic heterocycles. The van der Waals surface area contributed by atoms with Crippen molar-refractivity contribution in [2.75, 3.05) is 13.2 Å². The van der Waals surface area contributed by atoms with Crippen LogP contribution in [0.2, 0.25) is 0 Å². The van der Waals surface area contributed by atoms with Gasteiger partial charge in [0.05, 0.1) is 6.10 Å². The molecule has 0 radical (unpaired) electrons. The van der Waals surface area contributed by atoms with Gasteiger partial charge < -0.3 is 9.84 Å². The van der Waals surface area contributed by atoms with E-state index in [-0.39, 0.29) is 13.0 Å². The highest BCUT2D eigenvalue weighted by atomic mass is 19.4. The van der Waals surface area contributed by atoms with Crippen LogP contribution in [-0.2, 0) is 4.74 Å². The minimum Gasteiger partial charge on any atom is -0.393 e. The summed E-state index contributed by atoms with van der Waals surface area (Å²) in [6.45, 7) is 2.15. The highest BCUT2D eigenvalue weighted by molar-refractivity contribution is 4.69. The van der Waals surface area contributed by atoms with Crippen molar-refractivity contribution in [2.45, 2.75) is 31.5 Å². The summed E-state index contributed by atoms with van der Waals surface area (Å²) in [5.74, 6) is 0. The molecule has 0 aromatic carbocycles. The van der Waals surface area contributed by atoms with Gasteiger partial charge in [0.2, 0.25) is 0 Å². The minimum absolute atomic E-state index is 0.0716. The average Bonchev–Trinajstić information content (AvgIpc) is 2.07. The number of aliphatic hydroxyl groups excluding tert-OH is 1. The lowest BCUT2D eigenvalue weighted by atomic mass is 10.1. The molecule has 0 spiro atoms. The van der Waals surface area contributed by atoms with E-state index in [9.17, 15) is 18.3 Å². The number of rotatable bonds is 7. The van der Waals surface area contributed by atoms with Crippen molar-refractivity contribution in [3.8, 4) is 0 Å². The zero-order valence-electron chi connectivity index (χ0n) is 7.89. The molecule has 0 fully saturated rings. The zero-order chi connectivity index (χ0) is 11.0. The second kappa shape index (κ2) is 6.84. The summed E-state index contributed by atoms with van der Waals surface area (Å²) < 4.78 is 39.1. The predicted octanol–water partition coefficient (Wildman–Crippen LogP) is 2.28. The van der Waals surface area contributed by atoms with Crippen LogP contribution < -0.4 is 0 Å². The molecule has 0 saturated carbocycles. The maximum Gasteiger partial charge on any atom is 0.411 e. The Kier molecular flexibility index (Phi) is 6.57. The smallest absolute Gasteiger partial charge is 0.393 e. The normalized spacial score (nSPS) is 14.0. The molecule has 0 amide bonds. The van der Waals surface area contributed by atoms with Crippen molar-refractivity contribution in [3.05, 3.63) is 12.7 Å². The minimum atomic E-state index is -4.29. The van der Waals surface area contributed by atoms with Gasteiger partial charge in [-0.1, -0.05) is 6.08 Å². The summed E-state index contributed by atoms with van der Waals surface area (Å²) >= 11 is 0. The Hall–Kier alpha value is -0.550. The van der Waals surface area contributed by atoms with Crippen molar-refractivity contribution in [1.29, 1.82) is 0 Å². The van der Waals surface area contributed by atoms with Crippen molar-refractivity contribution >= 4 is 0 Å². The van der Waals surface area contributed by atoms with E-state index < -0.39 is 18.9 Å². The summed E-state index contributed by atoms with van der Waals surface area (Å²) in [4.78, 5) is 0. The van der Waals surface area contributed by atoms with Gasteiger partial charge in [0.25, 0.3) is 0 Å². The Bertz CT molecular complexity index is 157. The predicted molar refractivity (Wildman–Crippen MR) is 46.9 cm³/mol. The van der Waals surface area contributed by atoms with Gasteiger partial charge in [-0.05, 0) is 19.3 Å². The lowest BCUT2D eigenvalue weighted by Crippen LogP contribution is -2.19. The van der Waals surface area contributed by atoms with E-state index in [4.69, 9.17) is 0 Å². The lowest BCUT2D eigenvalue weighted by molar-refractivity contribution is -0.175. The third-order valence-electron chi connectivity index (χ3n) is 1.57. The molecular weight excluding hydrogens is 197 g/mol. The molecule has 0 rings (SSSR count). The Morgan fingerprint density at radius 2 is 2.00 bits per heavy atom. The molecule has 2 nitrogen and oxygen atoms in total. The molecule has 5 heteroatoms. The summed E-state index contributed by atoms with van der Waals surface area (Å²) in [7, 11) is 0. The maximum atomic E-state index is 11.6. The van der Waals surface area contributed by atoms with Crippen LogP contribution in [0.4, 0.5) is 13.2 Å². The number of ether oxygens (including phenoxy) is 1. The first-order valence-corrected chi connectivity index (χ1v) is 4.39. The van der Waals surface area contributed by atoms with Crippen LogP contribution in [0.15, 0.2) is 12.7 Å². The fourth-order valence-corrected chi connectivity index (χ4v) is 0.862. The van der Waals surface area contributed by atoms with Gasteiger partial charge in [-0.25, -0.2) is 0 Å². The molecule has 1 N–H and O–H groups in total. The summed E-state index contributed by atoms with van der Waals surface area (Å²) in [6, 6.07) is 0. The van der Waals surface area contributed by atoms with E-state index >= 15 is 0 Å². The molecule has 84 valence electrons. The van der Waals surface area contributed by atoms with Crippen molar-refractivity contribution < 1.29 is 23.0 Å². The maximum absolute atomic E-state index is 11.6. The first-order chi connectivity index (χ1) is 6.45. The molecule has 0 aliphatic heterocycles. The highest BCUT2D eigenvalue weighted by Gasteiger charge is 2.27. The number of alkyl halides is 3. The summed E-state index contributed by atoms with van der Waals surface area (Å²) in [6.07, 6.45) is -1.85. The molecule has 0 aliphatic carbocycles. The summed E-state index contributed by atoms with van der Waals surface area (Å²) in [5, 5.41) is 9.20. The quantitative estimate of drug-likeness (QED) is 0.518. The molecule has 0 heterocycles. The monoisotopic (exact) mass is 212 g/mol. The standard InChI is InChI=1S/C9H15F3O2/c1-2-3-4-8(13)5-6-14-7-9(10,11)12/h2,8,13H,1,3-7H2. The third-order valence-corrected chi connectivity index (χ3v) is 1.57. The fourth-order valence-electron chi connectivity index (χ4n) is 0.862. The number of hydrogen-bond donors (Lipinski definition) is 1. The lowest BCUT2D eigenvalue weighted by Gasteiger charge is -2.10. The zero-order valence-corrected chi connectivity index (χ0v) is 7.89. The Morgan fingerprint density at radius 1 is 1.36 bits per heavy atom. The first-order valence-electron chi connectivity index (χ1n) is 4.39. The number of halogens is 3. The van der Waals surface area contributed by atoms with Crippen LogP contribution in [0.5, 0.6) is 0 Å². The van der Waals surface area contributed by atoms with Crippen LogP contribution in [-0.4, -0.2) is 30.6 Å². The highest BCUT2D eigenvalue weighted by Crippen LogP contribution is 2.14. The van der Waals surface area contributed by atoms with E-state index in [2.05, 4.69) is 11.3 Å². The molecular formula is C9H15F3O2. The van der Waals surface area contributed by atoms with Crippen LogP contribution >= 0.6 is 0 Å². The van der Waals surface area contributed by atoms with Crippen LogP contribution in [0, 0.1) is 0 Å². The van der Waals surface area contributed by atoms with E-state index in [1.165, 1.54) is 0 Å². The van der Waals surface area contributed by atoms with Gasteiger partial charge in [-0.15, -0.1) is 6.58 Å². The number of hydrogen-bond acceptors (Lipinski definition) is 2. The summed E-state index contributed by atoms with van der Waals surface area (Å²) in [5.41, 5.74) is 0. The van der Waals surface area contributed by atoms with E-state index in [0.717, 1.165) is 0 Å². The van der Waals surface area contributed by atoms with E-state index in [1.807, 2.05) is 0 Å². The second-order valence-electron chi connectivity index (χ2n) is 2.98. The Balaban J connectivity index is 3.31. The molecule has 1 unspecified atom stereocenters. The molecule has 0 bridgehead atoms. The molecule has 0 saturated heterocycles. The van der Waals surface area contributed by atoms with Crippen LogP contribution in [0.1, 0.15) is 19.3 Å². The second-order valence-corrected chi connectivity index (χ2v) is 2.98. The Labute approximate surface area is 81.4 Å². The third kappa shape index (κ3) is 9.54. The van der Waals surface area contributed by atoms with Crippen molar-refractivity contribution in [1.82, 2.24) is 0 Å². The first kappa shape index (κ1) is 13.4. The Morgan fingerprint density at radius 3 is 2.50 bits per heavy atom. The van der Waals surface area contributed by atoms with Crippen molar-refractivity contribution in [3.63, 3.8) is 0 Å². The molecule has 0 aromatic rings. The average molecular weight is 212 g/mol. The van der Waals surface area contributed by atoms with Gasteiger partial charge >= 0.3 is 6.18 Å². The van der Waals surface area contributed by atoms with Crippen LogP contribution in [0.3, 0.4) is 0 Å². The van der Waals surface area contributed by atoms with E-state index in [1.54, 1.807) is 6.08 Å². The van der Waals surface area contributed by atoms with E-state index in [0.29, 0.717) is 12.8 Å². The van der Waals surface area contributed by atoms with Gasteiger partial charge in [0.1, 0.15) is 6.61 Å². The molecule has 14 heavy (non-hydrogen) atoms. The fraction of sp³-hybridized carbons (Fsp3) is 0.778. The number of allylic oxidation sites excluding steroid dienone is 1. The van der Waals surface area contributed by atoms with Crippen molar-refractivity contribution in [2.24, 2.45) is 0 Å². The van der Waals surface area contributed by atoms with Gasteiger partial charge in [0, 0.05) is 6.61 Å².